The zero-order valence-corrected chi connectivity index (χ0v) is 20.5. The van der Waals surface area contributed by atoms with E-state index in [4.69, 9.17) is 4.74 Å². The summed E-state index contributed by atoms with van der Waals surface area (Å²) in [6.07, 6.45) is 0.632. The highest BCUT2D eigenvalue weighted by molar-refractivity contribution is 7.08. The molecule has 0 radical (unpaired) electrons. The van der Waals surface area contributed by atoms with Gasteiger partial charge in [0.05, 0.1) is 11.7 Å². The topological polar surface area (TPSA) is 87.7 Å². The van der Waals surface area contributed by atoms with E-state index in [0.717, 1.165) is 12.1 Å². The smallest absolute Gasteiger partial charge is 0.252 e. The number of nitrogens with one attached hydrogen (secondary N) is 2. The number of ketones is 1. The van der Waals surface area contributed by atoms with Gasteiger partial charge in [0, 0.05) is 11.9 Å². The maximum Gasteiger partial charge on any atom is 0.252 e. The molecule has 2 amide bonds. The lowest BCUT2D eigenvalue weighted by atomic mass is 9.78. The Balaban J connectivity index is 1.78. The maximum absolute atomic E-state index is 13.4. The van der Waals surface area contributed by atoms with Gasteiger partial charge >= 0.3 is 0 Å². The normalized spacial score (nSPS) is 19.5. The monoisotopic (exact) mass is 471 g/mol. The molecular weight excluding hydrogens is 438 g/mol. The van der Waals surface area contributed by atoms with E-state index in [0.29, 0.717) is 18.4 Å². The third-order valence-corrected chi connectivity index (χ3v) is 6.68. The van der Waals surface area contributed by atoms with Gasteiger partial charge in [0.25, 0.3) is 5.91 Å². The molecule has 8 heteroatoms. The summed E-state index contributed by atoms with van der Waals surface area (Å²) < 4.78 is 5.64. The van der Waals surface area contributed by atoms with Crippen LogP contribution in [-0.4, -0.2) is 67.9 Å². The average Bonchev–Trinajstić information content (AvgIpc) is 3.43. The predicted molar refractivity (Wildman–Crippen MR) is 130 cm³/mol. The second-order valence-electron chi connectivity index (χ2n) is 9.39. The van der Waals surface area contributed by atoms with Crippen molar-refractivity contribution in [2.24, 2.45) is 0 Å². The van der Waals surface area contributed by atoms with Crippen LogP contribution in [0.1, 0.15) is 42.6 Å². The number of hydrogen-bond acceptors (Lipinski definition) is 6. The van der Waals surface area contributed by atoms with Gasteiger partial charge in [-0.05, 0) is 49.4 Å². The van der Waals surface area contributed by atoms with E-state index in [1.54, 1.807) is 11.4 Å². The molecular formula is C25H33N3O4S. The van der Waals surface area contributed by atoms with Crippen molar-refractivity contribution < 1.29 is 19.1 Å². The molecule has 1 aromatic heterocycles. The Kier molecular flexibility index (Phi) is 8.40. The summed E-state index contributed by atoms with van der Waals surface area (Å²) in [6.45, 7) is 4.82. The van der Waals surface area contributed by atoms with E-state index in [9.17, 15) is 14.4 Å². The van der Waals surface area contributed by atoms with Crippen LogP contribution in [0.3, 0.4) is 0 Å². The van der Waals surface area contributed by atoms with Crippen LogP contribution in [-0.2, 0) is 19.7 Å². The lowest BCUT2D eigenvalue weighted by Crippen LogP contribution is -2.54. The van der Waals surface area contributed by atoms with Crippen molar-refractivity contribution in [3.63, 3.8) is 0 Å². The van der Waals surface area contributed by atoms with E-state index in [-0.39, 0.29) is 35.7 Å². The molecule has 0 bridgehead atoms. The van der Waals surface area contributed by atoms with Crippen LogP contribution in [0.4, 0.5) is 0 Å². The summed E-state index contributed by atoms with van der Waals surface area (Å²) in [6, 6.07) is 10.1. The maximum atomic E-state index is 13.4. The number of benzene rings is 1. The van der Waals surface area contributed by atoms with Gasteiger partial charge in [-0.1, -0.05) is 44.2 Å². The summed E-state index contributed by atoms with van der Waals surface area (Å²) in [7, 11) is 3.90. The summed E-state index contributed by atoms with van der Waals surface area (Å²) in [5, 5.41) is 9.35. The zero-order valence-electron chi connectivity index (χ0n) is 19.7. The molecule has 178 valence electrons. The highest BCUT2D eigenvalue weighted by atomic mass is 32.1. The number of carbonyl (C=O) groups excluding carboxylic acids is 3. The van der Waals surface area contributed by atoms with Crippen molar-refractivity contribution in [3.05, 3.63) is 58.3 Å². The van der Waals surface area contributed by atoms with Gasteiger partial charge in [-0.15, -0.1) is 0 Å². The highest BCUT2D eigenvalue weighted by Crippen LogP contribution is 2.29. The fourth-order valence-corrected chi connectivity index (χ4v) is 4.64. The van der Waals surface area contributed by atoms with E-state index < -0.39 is 12.1 Å². The summed E-state index contributed by atoms with van der Waals surface area (Å²) >= 11 is 1.42. The molecule has 3 rings (SSSR count). The van der Waals surface area contributed by atoms with E-state index >= 15 is 0 Å². The molecule has 2 aromatic rings. The SMILES string of the molecule is CN(C)CCC1OCC(=O)C1NC(=O)[C@H](CC(C)(C)c1ccccc1)NC(=O)c1ccsc1. The molecule has 1 aliphatic rings. The second kappa shape index (κ2) is 11.0. The molecule has 1 aliphatic heterocycles. The molecule has 3 atom stereocenters. The Bertz CT molecular complexity index is 944. The Morgan fingerprint density at radius 3 is 2.58 bits per heavy atom. The minimum absolute atomic E-state index is 0.00944. The van der Waals surface area contributed by atoms with Crippen molar-refractivity contribution in [2.75, 3.05) is 27.2 Å². The molecule has 7 nitrogen and oxygen atoms in total. The molecule has 2 heterocycles. The van der Waals surface area contributed by atoms with Crippen molar-refractivity contribution in [1.82, 2.24) is 15.5 Å². The Hall–Kier alpha value is -2.55. The first-order chi connectivity index (χ1) is 15.7. The Morgan fingerprint density at radius 2 is 1.94 bits per heavy atom. The lowest BCUT2D eigenvalue weighted by molar-refractivity contribution is -0.128. The number of ether oxygens (including phenoxy) is 1. The fraction of sp³-hybridized carbons (Fsp3) is 0.480. The van der Waals surface area contributed by atoms with Gasteiger partial charge in [0.1, 0.15) is 18.7 Å². The molecule has 0 saturated carbocycles. The standard InChI is InChI=1S/C25H33N3O4S/c1-25(2,18-8-6-5-7-9-18)14-19(26-23(30)17-11-13-33-16-17)24(31)27-22-20(29)15-32-21(22)10-12-28(3)4/h5-9,11,13,16,19,21-22H,10,12,14-15H2,1-4H3,(H,26,30)(H,27,31)/t19-,21?,22?/m0/s1. The summed E-state index contributed by atoms with van der Waals surface area (Å²) in [5.74, 6) is -0.822. The minimum Gasteiger partial charge on any atom is -0.368 e. The molecule has 2 N–H and O–H groups in total. The van der Waals surface area contributed by atoms with Crippen LogP contribution in [0.15, 0.2) is 47.2 Å². The first-order valence-electron chi connectivity index (χ1n) is 11.2. The number of thiophene rings is 1. The Morgan fingerprint density at radius 1 is 1.21 bits per heavy atom. The Labute approximate surface area is 199 Å². The average molecular weight is 472 g/mol. The van der Waals surface area contributed by atoms with Crippen LogP contribution in [0.2, 0.25) is 0 Å². The first-order valence-corrected chi connectivity index (χ1v) is 12.1. The van der Waals surface area contributed by atoms with Gasteiger partial charge in [0.15, 0.2) is 5.78 Å². The molecule has 2 unspecified atom stereocenters. The van der Waals surface area contributed by atoms with Gasteiger partial charge in [-0.25, -0.2) is 0 Å². The van der Waals surface area contributed by atoms with E-state index in [1.165, 1.54) is 11.3 Å². The lowest BCUT2D eigenvalue weighted by Gasteiger charge is -2.31. The van der Waals surface area contributed by atoms with Crippen LogP contribution < -0.4 is 10.6 Å². The van der Waals surface area contributed by atoms with Gasteiger partial charge in [0.2, 0.25) is 5.91 Å². The minimum atomic E-state index is -0.810. The number of nitrogens with zero attached hydrogens (tertiary/aromatic N) is 1. The molecule has 33 heavy (non-hydrogen) atoms. The molecule has 1 saturated heterocycles. The summed E-state index contributed by atoms with van der Waals surface area (Å²) in [4.78, 5) is 40.7. The number of hydrogen-bond donors (Lipinski definition) is 2. The van der Waals surface area contributed by atoms with Gasteiger partial charge < -0.3 is 20.3 Å². The molecule has 0 aliphatic carbocycles. The third-order valence-electron chi connectivity index (χ3n) is 5.99. The highest BCUT2D eigenvalue weighted by Gasteiger charge is 2.39. The molecule has 0 spiro atoms. The van der Waals surface area contributed by atoms with Crippen LogP contribution >= 0.6 is 11.3 Å². The zero-order chi connectivity index (χ0) is 24.0. The second-order valence-corrected chi connectivity index (χ2v) is 10.2. The van der Waals surface area contributed by atoms with Crippen molar-refractivity contribution in [3.8, 4) is 0 Å². The number of Topliss-reactive ketones (excluding diaryl/α,β-unsaturated/α-hetero) is 1. The summed E-state index contributed by atoms with van der Waals surface area (Å²) in [5.41, 5.74) is 1.20. The largest absolute Gasteiger partial charge is 0.368 e. The fourth-order valence-electron chi connectivity index (χ4n) is 4.01. The predicted octanol–water partition coefficient (Wildman–Crippen LogP) is 2.62. The number of carbonyl (C=O) groups is 3. The number of rotatable bonds is 10. The number of amides is 2. The molecule has 1 aromatic carbocycles. The van der Waals surface area contributed by atoms with Crippen LogP contribution in [0, 0.1) is 0 Å². The quantitative estimate of drug-likeness (QED) is 0.556. The van der Waals surface area contributed by atoms with Crippen LogP contribution in [0.5, 0.6) is 0 Å². The van der Waals surface area contributed by atoms with Crippen molar-refractivity contribution >= 4 is 28.9 Å². The third kappa shape index (κ3) is 6.72. The van der Waals surface area contributed by atoms with Crippen molar-refractivity contribution in [2.45, 2.75) is 50.3 Å². The first kappa shape index (κ1) is 25.1. The van der Waals surface area contributed by atoms with E-state index in [1.807, 2.05) is 68.6 Å². The van der Waals surface area contributed by atoms with Crippen LogP contribution in [0.25, 0.3) is 0 Å². The van der Waals surface area contributed by atoms with E-state index in [2.05, 4.69) is 10.6 Å². The van der Waals surface area contributed by atoms with Crippen molar-refractivity contribution in [1.29, 1.82) is 0 Å². The van der Waals surface area contributed by atoms with Gasteiger partial charge in [-0.2, -0.15) is 11.3 Å². The van der Waals surface area contributed by atoms with Gasteiger partial charge in [-0.3, -0.25) is 14.4 Å². The molecule has 1 fully saturated rings.